The van der Waals surface area contributed by atoms with E-state index in [1.165, 1.54) is 5.01 Å². The minimum atomic E-state index is -0.839. The molecule has 1 aliphatic heterocycles. The molecule has 0 saturated carbocycles. The number of rotatable bonds is 5. The van der Waals surface area contributed by atoms with Crippen molar-refractivity contribution in [2.75, 3.05) is 13.1 Å². The Hall–Kier alpha value is -2.98. The Labute approximate surface area is 124 Å². The lowest BCUT2D eigenvalue weighted by Crippen LogP contribution is -2.35. The number of hydrazine groups is 1. The summed E-state index contributed by atoms with van der Waals surface area (Å²) in [6.07, 6.45) is 2.73. The van der Waals surface area contributed by atoms with Gasteiger partial charge in [-0.15, -0.1) is 5.01 Å². The third-order valence-corrected chi connectivity index (χ3v) is 3.13. The summed E-state index contributed by atoms with van der Waals surface area (Å²) in [5, 5.41) is 37.9. The predicted molar refractivity (Wildman–Crippen MR) is 71.9 cm³/mol. The molecule has 0 N–H and O–H groups in total. The molecule has 118 valence electrons. The molecule has 1 aliphatic rings. The summed E-state index contributed by atoms with van der Waals surface area (Å²) in [7, 11) is 0. The summed E-state index contributed by atoms with van der Waals surface area (Å²) < 4.78 is 0. The smallest absolute Gasteiger partial charge is 0.321 e. The minimum Gasteiger partial charge on any atom is -0.569 e. The van der Waals surface area contributed by atoms with Crippen LogP contribution in [0.2, 0.25) is 0 Å². The molecule has 11 heteroatoms. The van der Waals surface area contributed by atoms with E-state index in [9.17, 15) is 25.4 Å². The van der Waals surface area contributed by atoms with E-state index < -0.39 is 21.2 Å². The monoisotopic (exact) mass is 311 g/mol. The highest BCUT2D eigenvalue weighted by atomic mass is 16.7. The van der Waals surface area contributed by atoms with Gasteiger partial charge in [0, 0.05) is 6.07 Å². The van der Waals surface area contributed by atoms with Crippen molar-refractivity contribution in [2.24, 2.45) is 5.28 Å². The third-order valence-electron chi connectivity index (χ3n) is 3.13. The van der Waals surface area contributed by atoms with Crippen LogP contribution in [0.15, 0.2) is 23.5 Å². The third kappa shape index (κ3) is 3.56. The highest BCUT2D eigenvalue weighted by Crippen LogP contribution is 2.31. The average molecular weight is 311 g/mol. The first-order valence-corrected chi connectivity index (χ1v) is 6.52. The molecule has 1 saturated heterocycles. The lowest BCUT2D eigenvalue weighted by molar-refractivity contribution is -0.708. The van der Waals surface area contributed by atoms with E-state index >= 15 is 0 Å². The van der Waals surface area contributed by atoms with Crippen LogP contribution in [0.5, 0.6) is 5.75 Å². The largest absolute Gasteiger partial charge is 0.569 e. The first-order chi connectivity index (χ1) is 10.5. The summed E-state index contributed by atoms with van der Waals surface area (Å²) >= 11 is 0. The van der Waals surface area contributed by atoms with Crippen LogP contribution in [0.25, 0.3) is 0 Å². The summed E-state index contributed by atoms with van der Waals surface area (Å²) in [6.45, 7) is 1.05. The van der Waals surface area contributed by atoms with Crippen LogP contribution in [0.4, 0.5) is 11.4 Å². The highest BCUT2D eigenvalue weighted by Gasteiger charge is 2.23. The molecule has 0 spiro atoms. The normalized spacial score (nSPS) is 15.5. The molecule has 2 rings (SSSR count). The molecule has 0 unspecified atom stereocenters. The maximum absolute atomic E-state index is 11.7. The van der Waals surface area contributed by atoms with E-state index in [-0.39, 0.29) is 10.7 Å². The van der Waals surface area contributed by atoms with E-state index in [4.69, 9.17) is 4.84 Å². The molecule has 0 radical (unpaired) electrons. The molecular formula is C11H13N5O6. The van der Waals surface area contributed by atoms with Crippen molar-refractivity contribution < 1.29 is 19.7 Å². The van der Waals surface area contributed by atoms with Crippen molar-refractivity contribution in [3.63, 3.8) is 0 Å². The Morgan fingerprint density at radius 2 is 1.73 bits per heavy atom. The number of hydrogen-bond acceptors (Lipinski definition) is 7. The fourth-order valence-electron chi connectivity index (χ4n) is 2.02. The van der Waals surface area contributed by atoms with Gasteiger partial charge in [-0.3, -0.25) is 25.1 Å². The first-order valence-electron chi connectivity index (χ1n) is 6.52. The number of benzene rings is 1. The molecule has 22 heavy (non-hydrogen) atoms. The van der Waals surface area contributed by atoms with Gasteiger partial charge in [-0.25, -0.2) is 0 Å². The fourth-order valence-corrected chi connectivity index (χ4v) is 2.02. The number of nitrogens with zero attached hydrogens (tertiary/aromatic N) is 5. The zero-order valence-corrected chi connectivity index (χ0v) is 11.5. The Morgan fingerprint density at radius 1 is 1.05 bits per heavy atom. The van der Waals surface area contributed by atoms with Crippen molar-refractivity contribution in [3.05, 3.63) is 43.6 Å². The van der Waals surface area contributed by atoms with Crippen molar-refractivity contribution in [2.45, 2.75) is 19.3 Å². The minimum absolute atomic E-state index is 0.240. The number of piperidine rings is 1. The molecule has 0 aromatic heterocycles. The van der Waals surface area contributed by atoms with E-state index in [1.807, 2.05) is 0 Å². The van der Waals surface area contributed by atoms with Crippen LogP contribution < -0.4 is 4.84 Å². The van der Waals surface area contributed by atoms with Gasteiger partial charge in [-0.2, -0.15) is 0 Å². The number of nitro groups is 2. The second kappa shape index (κ2) is 6.65. The molecule has 1 aromatic carbocycles. The van der Waals surface area contributed by atoms with Gasteiger partial charge >= 0.3 is 5.69 Å². The van der Waals surface area contributed by atoms with E-state index in [2.05, 4.69) is 5.28 Å². The van der Waals surface area contributed by atoms with Gasteiger partial charge in [0.1, 0.15) is 0 Å². The highest BCUT2D eigenvalue weighted by molar-refractivity contribution is 5.53. The molecule has 0 amide bonds. The van der Waals surface area contributed by atoms with Gasteiger partial charge in [-0.05, 0) is 25.3 Å². The van der Waals surface area contributed by atoms with Crippen molar-refractivity contribution in [1.29, 1.82) is 0 Å². The summed E-state index contributed by atoms with van der Waals surface area (Å²) in [5.41, 5.74) is -1.08. The number of nitro benzene ring substituents is 2. The van der Waals surface area contributed by atoms with Gasteiger partial charge < -0.3 is 5.21 Å². The Morgan fingerprint density at radius 3 is 2.32 bits per heavy atom. The van der Waals surface area contributed by atoms with E-state index in [1.54, 1.807) is 0 Å². The first kappa shape index (κ1) is 15.4. The Balaban J connectivity index is 2.17. The molecule has 11 nitrogen and oxygen atoms in total. The quantitative estimate of drug-likeness (QED) is 0.351. The molecule has 0 bridgehead atoms. The molecule has 1 heterocycles. The van der Waals surface area contributed by atoms with Crippen LogP contribution in [0, 0.1) is 25.4 Å². The van der Waals surface area contributed by atoms with Gasteiger partial charge in [0.25, 0.3) is 5.69 Å². The standard InChI is InChI=1S/C11H13N5O6/c17-14(18)9-4-5-11(10(8-9)15(19)20)22-12-16(21)13-6-2-1-3-7-13/h4-5,8H,1-3,6-7H2/b16-12-. The maximum atomic E-state index is 11.7. The van der Waals surface area contributed by atoms with Gasteiger partial charge in [0.15, 0.2) is 0 Å². The zero-order valence-electron chi connectivity index (χ0n) is 11.5. The molecular weight excluding hydrogens is 298 g/mol. The lowest BCUT2D eigenvalue weighted by atomic mass is 10.2. The lowest BCUT2D eigenvalue weighted by Gasteiger charge is -2.21. The van der Waals surface area contributed by atoms with Gasteiger partial charge in [0.05, 0.1) is 34.0 Å². The van der Waals surface area contributed by atoms with Gasteiger partial charge in [-0.1, -0.05) is 0 Å². The second-order valence-corrected chi connectivity index (χ2v) is 4.61. The number of non-ortho nitro benzene ring substituents is 1. The molecule has 1 fully saturated rings. The van der Waals surface area contributed by atoms with E-state index in [0.29, 0.717) is 13.1 Å². The van der Waals surface area contributed by atoms with Crippen LogP contribution in [-0.4, -0.2) is 32.9 Å². The topological polar surface area (TPSA) is 137 Å². The van der Waals surface area contributed by atoms with Gasteiger partial charge in [0.2, 0.25) is 11.0 Å². The Kier molecular flexibility index (Phi) is 4.66. The Bertz CT molecular complexity index is 613. The maximum Gasteiger partial charge on any atom is 0.321 e. The second-order valence-electron chi connectivity index (χ2n) is 4.61. The molecule has 0 aliphatic carbocycles. The predicted octanol–water partition coefficient (Wildman–Crippen LogP) is 2.16. The summed E-state index contributed by atoms with van der Waals surface area (Å²) in [5.74, 6) is -0.339. The van der Waals surface area contributed by atoms with Crippen molar-refractivity contribution in [1.82, 2.24) is 5.01 Å². The van der Waals surface area contributed by atoms with Crippen molar-refractivity contribution in [3.8, 4) is 5.75 Å². The summed E-state index contributed by atoms with van der Waals surface area (Å²) in [4.78, 5) is 24.9. The molecule has 0 atom stereocenters. The summed E-state index contributed by atoms with van der Waals surface area (Å²) in [6, 6.07) is 2.82. The van der Waals surface area contributed by atoms with Crippen LogP contribution in [0.3, 0.4) is 0 Å². The van der Waals surface area contributed by atoms with E-state index in [0.717, 1.165) is 37.5 Å². The molecule has 1 aromatic rings. The zero-order chi connectivity index (χ0) is 16.1. The average Bonchev–Trinajstić information content (AvgIpc) is 2.53. The van der Waals surface area contributed by atoms with Crippen LogP contribution in [-0.2, 0) is 0 Å². The van der Waals surface area contributed by atoms with Crippen LogP contribution >= 0.6 is 0 Å². The number of hydrogen-bond donors (Lipinski definition) is 0. The fraction of sp³-hybridized carbons (Fsp3) is 0.455. The SMILES string of the molecule is O=[N+]([O-])c1ccc(O/N=[N+](\[O-])N2CCCCC2)c([N+](=O)[O-])c1. The van der Waals surface area contributed by atoms with Crippen LogP contribution in [0.1, 0.15) is 19.3 Å². The van der Waals surface area contributed by atoms with Crippen molar-refractivity contribution >= 4 is 11.4 Å².